The van der Waals surface area contributed by atoms with Crippen molar-refractivity contribution in [1.82, 2.24) is 5.43 Å². The second-order valence-corrected chi connectivity index (χ2v) is 3.34. The molecule has 0 aromatic heterocycles. The minimum Gasteiger partial charge on any atom is -0.350 e. The number of carbonyl (C=O) groups excluding carboxylic acids is 2. The van der Waals surface area contributed by atoms with Gasteiger partial charge in [-0.3, -0.25) is 14.9 Å². The van der Waals surface area contributed by atoms with E-state index in [4.69, 9.17) is 17.3 Å². The number of nitrogens with two attached hydrogens (primary N) is 1. The zero-order chi connectivity index (χ0) is 13.7. The first-order valence-corrected chi connectivity index (χ1v) is 4.88. The number of ketones is 1. The number of nitro benzene ring substituents is 1. The normalized spacial score (nSPS) is 10.8. The smallest absolute Gasteiger partial charge is 0.332 e. The molecule has 1 aromatic carbocycles. The van der Waals surface area contributed by atoms with Crippen LogP contribution in [0.4, 0.5) is 10.5 Å². The average Bonchev–Trinajstić information content (AvgIpc) is 2.34. The maximum Gasteiger partial charge on any atom is 0.332 e. The average molecular weight is 271 g/mol. The van der Waals surface area contributed by atoms with E-state index < -0.39 is 27.6 Å². The Bertz CT molecular complexity index is 543. The molecule has 0 aliphatic carbocycles. The Hall–Kier alpha value is -2.48. The first-order valence-electron chi connectivity index (χ1n) is 4.50. The summed E-state index contributed by atoms with van der Waals surface area (Å²) < 4.78 is 0. The molecule has 0 bridgehead atoms. The first kappa shape index (κ1) is 13.6. The molecule has 1 aromatic rings. The van der Waals surface area contributed by atoms with Crippen molar-refractivity contribution in [3.05, 3.63) is 39.9 Å². The maximum atomic E-state index is 11.7. The van der Waals surface area contributed by atoms with E-state index in [1.54, 1.807) is 5.43 Å². The fourth-order valence-electron chi connectivity index (χ4n) is 1.09. The third kappa shape index (κ3) is 3.25. The molecule has 1 rings (SSSR count). The molecule has 0 radical (unpaired) electrons. The fourth-order valence-corrected chi connectivity index (χ4v) is 1.23. The molecule has 2 amide bonds. The number of amides is 2. The zero-order valence-corrected chi connectivity index (χ0v) is 9.55. The van der Waals surface area contributed by atoms with E-state index in [0.717, 1.165) is 6.07 Å². The molecule has 0 saturated heterocycles. The number of hydrogen-bond acceptors (Lipinski definition) is 5. The number of hydrazone groups is 1. The number of benzene rings is 1. The van der Waals surface area contributed by atoms with Crippen LogP contribution in [0.1, 0.15) is 10.4 Å². The Balaban J connectivity index is 3.08. The first-order chi connectivity index (χ1) is 8.43. The van der Waals surface area contributed by atoms with Gasteiger partial charge in [0.25, 0.3) is 5.69 Å². The number of nitro groups is 1. The number of urea groups is 1. The second-order valence-electron chi connectivity index (χ2n) is 2.98. The SMILES string of the molecule is NC(=O)N/N=C(\Cl)C(=O)c1ccccc1[N+](=O)[O-]. The Morgan fingerprint density at radius 3 is 2.56 bits per heavy atom. The molecule has 8 nitrogen and oxygen atoms in total. The van der Waals surface area contributed by atoms with Gasteiger partial charge in [0, 0.05) is 6.07 Å². The number of nitrogens with one attached hydrogen (secondary N) is 1. The highest BCUT2D eigenvalue weighted by molar-refractivity contribution is 6.85. The van der Waals surface area contributed by atoms with Crippen molar-refractivity contribution in [3.63, 3.8) is 0 Å². The van der Waals surface area contributed by atoms with Crippen LogP contribution >= 0.6 is 11.6 Å². The molecular weight excluding hydrogens is 264 g/mol. The molecule has 9 heteroatoms. The molecule has 0 aliphatic rings. The largest absolute Gasteiger partial charge is 0.350 e. The van der Waals surface area contributed by atoms with E-state index in [0.29, 0.717) is 0 Å². The maximum absolute atomic E-state index is 11.7. The zero-order valence-electron chi connectivity index (χ0n) is 8.79. The monoisotopic (exact) mass is 270 g/mol. The van der Waals surface area contributed by atoms with Crippen LogP contribution in [0, 0.1) is 10.1 Å². The van der Waals surface area contributed by atoms with Gasteiger partial charge in [-0.25, -0.2) is 10.2 Å². The van der Waals surface area contributed by atoms with Crippen molar-refractivity contribution in [3.8, 4) is 0 Å². The van der Waals surface area contributed by atoms with E-state index in [1.807, 2.05) is 0 Å². The van der Waals surface area contributed by atoms with Gasteiger partial charge in [-0.2, -0.15) is 5.10 Å². The highest BCUT2D eigenvalue weighted by atomic mass is 35.5. The van der Waals surface area contributed by atoms with Gasteiger partial charge in [-0.1, -0.05) is 23.7 Å². The fraction of sp³-hybridized carbons (Fsp3) is 0. The van der Waals surface area contributed by atoms with E-state index in [-0.39, 0.29) is 5.56 Å². The van der Waals surface area contributed by atoms with Crippen molar-refractivity contribution in [2.75, 3.05) is 0 Å². The summed E-state index contributed by atoms with van der Waals surface area (Å²) in [6.07, 6.45) is 0. The number of para-hydroxylation sites is 1. The summed E-state index contributed by atoms with van der Waals surface area (Å²) in [6, 6.07) is 4.21. The summed E-state index contributed by atoms with van der Waals surface area (Å²) in [5.74, 6) is -0.891. The van der Waals surface area contributed by atoms with Crippen LogP contribution in [-0.2, 0) is 0 Å². The minimum atomic E-state index is -1.01. The van der Waals surface area contributed by atoms with Crippen molar-refractivity contribution in [1.29, 1.82) is 0 Å². The van der Waals surface area contributed by atoms with Crippen LogP contribution in [0.25, 0.3) is 0 Å². The number of halogens is 1. The van der Waals surface area contributed by atoms with Crippen LogP contribution in [0.5, 0.6) is 0 Å². The Morgan fingerprint density at radius 1 is 1.39 bits per heavy atom. The number of primary amides is 1. The summed E-state index contributed by atoms with van der Waals surface area (Å²) in [4.78, 5) is 32.1. The summed E-state index contributed by atoms with van der Waals surface area (Å²) in [7, 11) is 0. The molecule has 94 valence electrons. The number of nitrogens with zero attached hydrogens (tertiary/aromatic N) is 2. The third-order valence-electron chi connectivity index (χ3n) is 1.80. The van der Waals surface area contributed by atoms with Gasteiger partial charge in [0.05, 0.1) is 4.92 Å². The summed E-state index contributed by atoms with van der Waals surface area (Å²) in [6.45, 7) is 0. The number of rotatable bonds is 4. The van der Waals surface area contributed by atoms with Gasteiger partial charge in [0.15, 0.2) is 5.17 Å². The Labute approximate surface area is 106 Å². The van der Waals surface area contributed by atoms with E-state index in [2.05, 4.69) is 5.10 Å². The van der Waals surface area contributed by atoms with E-state index in [9.17, 15) is 19.7 Å². The van der Waals surface area contributed by atoms with Crippen LogP contribution in [-0.4, -0.2) is 21.9 Å². The molecule has 0 unspecified atom stereocenters. The summed E-state index contributed by atoms with van der Waals surface area (Å²) in [5.41, 5.74) is 5.83. The van der Waals surface area contributed by atoms with Crippen LogP contribution in [0.2, 0.25) is 0 Å². The number of Topliss-reactive ketones (excluding diaryl/α,β-unsaturated/α-hetero) is 1. The van der Waals surface area contributed by atoms with E-state index >= 15 is 0 Å². The summed E-state index contributed by atoms with van der Waals surface area (Å²) >= 11 is 5.49. The number of carbonyl (C=O) groups is 2. The molecule has 0 heterocycles. The standard InChI is InChI=1S/C9H7ClN4O4/c10-8(12-13-9(11)16)7(15)5-3-1-2-4-6(5)14(17)18/h1-4H,(H3,11,13,16)/b12-8-. The predicted octanol–water partition coefficient (Wildman–Crippen LogP) is 0.998. The van der Waals surface area contributed by atoms with Gasteiger partial charge >= 0.3 is 6.03 Å². The van der Waals surface area contributed by atoms with Crippen molar-refractivity contribution < 1.29 is 14.5 Å². The van der Waals surface area contributed by atoms with Crippen molar-refractivity contribution >= 4 is 34.3 Å². The summed E-state index contributed by atoms with van der Waals surface area (Å²) in [5, 5.41) is 13.2. The van der Waals surface area contributed by atoms with Gasteiger partial charge in [-0.05, 0) is 6.07 Å². The van der Waals surface area contributed by atoms with Gasteiger partial charge in [-0.15, -0.1) is 0 Å². The Kier molecular flexibility index (Phi) is 4.33. The van der Waals surface area contributed by atoms with Gasteiger partial charge in [0.2, 0.25) is 5.78 Å². The Morgan fingerprint density at radius 2 is 2.00 bits per heavy atom. The molecule has 0 saturated carbocycles. The third-order valence-corrected chi connectivity index (χ3v) is 2.05. The lowest BCUT2D eigenvalue weighted by Crippen LogP contribution is -2.26. The molecule has 0 spiro atoms. The molecule has 0 fully saturated rings. The van der Waals surface area contributed by atoms with Crippen LogP contribution in [0.15, 0.2) is 29.4 Å². The second kappa shape index (κ2) is 5.73. The molecule has 0 atom stereocenters. The van der Waals surface area contributed by atoms with Crippen molar-refractivity contribution in [2.24, 2.45) is 10.8 Å². The molecular formula is C9H7ClN4O4. The highest BCUT2D eigenvalue weighted by Crippen LogP contribution is 2.19. The molecule has 0 aliphatic heterocycles. The molecule has 18 heavy (non-hydrogen) atoms. The lowest BCUT2D eigenvalue weighted by Gasteiger charge is -2.00. The van der Waals surface area contributed by atoms with Crippen molar-refractivity contribution in [2.45, 2.75) is 0 Å². The predicted molar refractivity (Wildman–Crippen MR) is 63.4 cm³/mol. The highest BCUT2D eigenvalue weighted by Gasteiger charge is 2.22. The lowest BCUT2D eigenvalue weighted by molar-refractivity contribution is -0.385. The van der Waals surface area contributed by atoms with E-state index in [1.165, 1.54) is 18.2 Å². The quantitative estimate of drug-likeness (QED) is 0.366. The lowest BCUT2D eigenvalue weighted by atomic mass is 10.1. The number of hydrogen-bond donors (Lipinski definition) is 2. The minimum absolute atomic E-state index is 0.234. The van der Waals surface area contributed by atoms with Crippen LogP contribution in [0.3, 0.4) is 0 Å². The van der Waals surface area contributed by atoms with Gasteiger partial charge < -0.3 is 5.73 Å². The topological polar surface area (TPSA) is 128 Å². The molecule has 3 N–H and O–H groups in total. The van der Waals surface area contributed by atoms with Crippen LogP contribution < -0.4 is 11.2 Å². The van der Waals surface area contributed by atoms with Gasteiger partial charge in [0.1, 0.15) is 5.56 Å².